The van der Waals surface area contributed by atoms with Crippen LogP contribution in [0.3, 0.4) is 0 Å². The molecule has 2 fully saturated rings. The summed E-state index contributed by atoms with van der Waals surface area (Å²) in [5.74, 6) is 0.292. The normalized spacial score (nSPS) is 27.3. The molecule has 2 nitrogen and oxygen atoms in total. The summed E-state index contributed by atoms with van der Waals surface area (Å²) >= 11 is 0. The fraction of sp³-hybridized carbons (Fsp3) is 0.562. The zero-order valence-electron chi connectivity index (χ0n) is 10.8. The summed E-state index contributed by atoms with van der Waals surface area (Å²) in [6.07, 6.45) is 7.45. The van der Waals surface area contributed by atoms with Crippen molar-refractivity contribution in [1.29, 1.82) is 0 Å². The van der Waals surface area contributed by atoms with Crippen LogP contribution in [-0.2, 0) is 0 Å². The van der Waals surface area contributed by atoms with Gasteiger partial charge in [0.2, 0.25) is 0 Å². The maximum absolute atomic E-state index is 12.1. The minimum atomic E-state index is 0.292. The fourth-order valence-corrected chi connectivity index (χ4v) is 3.59. The first-order valence-electron chi connectivity index (χ1n) is 7.18. The maximum Gasteiger partial charge on any atom is 0.164 e. The first kappa shape index (κ1) is 11.9. The average Bonchev–Trinajstić information content (AvgIpc) is 2.65. The third kappa shape index (κ3) is 2.35. The van der Waals surface area contributed by atoms with E-state index in [1.165, 1.54) is 32.1 Å². The Morgan fingerprint density at radius 2 is 1.72 bits per heavy atom. The summed E-state index contributed by atoms with van der Waals surface area (Å²) in [4.78, 5) is 14.7. The number of piperidine rings is 1. The van der Waals surface area contributed by atoms with Gasteiger partial charge in [-0.25, -0.2) is 0 Å². The van der Waals surface area contributed by atoms with E-state index in [1.54, 1.807) is 0 Å². The molecule has 18 heavy (non-hydrogen) atoms. The van der Waals surface area contributed by atoms with Crippen LogP contribution in [0.15, 0.2) is 30.3 Å². The Kier molecular flexibility index (Phi) is 3.46. The number of hydrogen-bond donors (Lipinski definition) is 0. The summed E-state index contributed by atoms with van der Waals surface area (Å²) in [5, 5.41) is 0. The molecule has 0 spiro atoms. The number of Topliss-reactive ketones (excluding diaryl/α,β-unsaturated/α-hetero) is 1. The van der Waals surface area contributed by atoms with Crippen LogP contribution in [0.25, 0.3) is 0 Å². The summed E-state index contributed by atoms with van der Waals surface area (Å²) < 4.78 is 0. The minimum Gasteiger partial charge on any atom is -0.297 e. The number of fused-ring (bicyclic) bond motifs is 2. The quantitative estimate of drug-likeness (QED) is 0.756. The Morgan fingerprint density at radius 3 is 2.39 bits per heavy atom. The fourth-order valence-electron chi connectivity index (χ4n) is 3.59. The molecule has 0 saturated carbocycles. The SMILES string of the molecule is O=C(CCN1C2CCCC1CC2)c1ccccc1. The molecule has 2 bridgehead atoms. The van der Waals surface area contributed by atoms with Crippen molar-refractivity contribution in [2.45, 2.75) is 50.6 Å². The second-order valence-electron chi connectivity index (χ2n) is 5.59. The van der Waals surface area contributed by atoms with Crippen molar-refractivity contribution in [3.63, 3.8) is 0 Å². The molecule has 0 radical (unpaired) electrons. The van der Waals surface area contributed by atoms with Crippen LogP contribution in [-0.4, -0.2) is 29.3 Å². The van der Waals surface area contributed by atoms with Crippen molar-refractivity contribution in [1.82, 2.24) is 4.90 Å². The van der Waals surface area contributed by atoms with Gasteiger partial charge in [0.1, 0.15) is 0 Å². The van der Waals surface area contributed by atoms with E-state index >= 15 is 0 Å². The number of carbonyl (C=O) groups is 1. The molecular formula is C16H21NO. The van der Waals surface area contributed by atoms with Gasteiger partial charge >= 0.3 is 0 Å². The van der Waals surface area contributed by atoms with Crippen LogP contribution in [0, 0.1) is 0 Å². The Morgan fingerprint density at radius 1 is 1.06 bits per heavy atom. The van der Waals surface area contributed by atoms with Crippen LogP contribution in [0.5, 0.6) is 0 Å². The molecule has 0 aromatic heterocycles. The van der Waals surface area contributed by atoms with E-state index in [9.17, 15) is 4.79 Å². The molecule has 0 amide bonds. The van der Waals surface area contributed by atoms with Crippen molar-refractivity contribution in [2.75, 3.05) is 6.54 Å². The average molecular weight is 243 g/mol. The Labute approximate surface area is 109 Å². The van der Waals surface area contributed by atoms with E-state index in [0.717, 1.165) is 24.2 Å². The van der Waals surface area contributed by atoms with Crippen molar-refractivity contribution in [3.8, 4) is 0 Å². The lowest BCUT2D eigenvalue weighted by Crippen LogP contribution is -2.40. The van der Waals surface area contributed by atoms with Gasteiger partial charge in [0.05, 0.1) is 0 Å². The smallest absolute Gasteiger partial charge is 0.164 e. The monoisotopic (exact) mass is 243 g/mol. The minimum absolute atomic E-state index is 0.292. The number of hydrogen-bond acceptors (Lipinski definition) is 2. The topological polar surface area (TPSA) is 20.3 Å². The number of benzene rings is 1. The summed E-state index contributed by atoms with van der Waals surface area (Å²) in [6, 6.07) is 11.2. The molecule has 0 aliphatic carbocycles. The van der Waals surface area contributed by atoms with Crippen LogP contribution in [0.4, 0.5) is 0 Å². The standard InChI is InChI=1S/C16H21NO/c18-16(13-5-2-1-3-6-13)11-12-17-14-7-4-8-15(17)10-9-14/h1-3,5-6,14-15H,4,7-12H2. The van der Waals surface area contributed by atoms with Crippen molar-refractivity contribution >= 4 is 5.78 Å². The molecule has 0 N–H and O–H groups in total. The van der Waals surface area contributed by atoms with E-state index in [1.807, 2.05) is 30.3 Å². The van der Waals surface area contributed by atoms with Gasteiger partial charge in [0.25, 0.3) is 0 Å². The van der Waals surface area contributed by atoms with Gasteiger partial charge in [0, 0.05) is 30.6 Å². The van der Waals surface area contributed by atoms with E-state index in [-0.39, 0.29) is 0 Å². The highest BCUT2D eigenvalue weighted by molar-refractivity contribution is 5.96. The lowest BCUT2D eigenvalue weighted by molar-refractivity contribution is 0.0917. The molecule has 2 aliphatic heterocycles. The third-order valence-corrected chi connectivity index (χ3v) is 4.54. The number of nitrogens with zero attached hydrogens (tertiary/aromatic N) is 1. The predicted octanol–water partition coefficient (Wildman–Crippen LogP) is 3.28. The van der Waals surface area contributed by atoms with E-state index in [0.29, 0.717) is 12.2 Å². The molecule has 2 heterocycles. The molecule has 2 unspecified atom stereocenters. The van der Waals surface area contributed by atoms with Gasteiger partial charge in [-0.15, -0.1) is 0 Å². The second kappa shape index (κ2) is 5.23. The lowest BCUT2D eigenvalue weighted by Gasteiger charge is -2.34. The van der Waals surface area contributed by atoms with Crippen molar-refractivity contribution in [3.05, 3.63) is 35.9 Å². The number of rotatable bonds is 4. The van der Waals surface area contributed by atoms with Gasteiger partial charge in [-0.2, -0.15) is 0 Å². The van der Waals surface area contributed by atoms with Gasteiger partial charge in [0.15, 0.2) is 5.78 Å². The largest absolute Gasteiger partial charge is 0.297 e. The Balaban J connectivity index is 1.57. The molecule has 96 valence electrons. The number of ketones is 1. The first-order chi connectivity index (χ1) is 8.84. The molecule has 2 heteroatoms. The molecular weight excluding hydrogens is 222 g/mol. The zero-order valence-corrected chi connectivity index (χ0v) is 10.8. The molecule has 3 rings (SSSR count). The van der Waals surface area contributed by atoms with Crippen LogP contribution in [0.2, 0.25) is 0 Å². The van der Waals surface area contributed by atoms with Gasteiger partial charge in [-0.3, -0.25) is 9.69 Å². The maximum atomic E-state index is 12.1. The van der Waals surface area contributed by atoms with Crippen LogP contribution < -0.4 is 0 Å². The van der Waals surface area contributed by atoms with Crippen molar-refractivity contribution in [2.24, 2.45) is 0 Å². The Bertz CT molecular complexity index is 398. The zero-order chi connectivity index (χ0) is 12.4. The lowest BCUT2D eigenvalue weighted by atomic mass is 10.0. The third-order valence-electron chi connectivity index (χ3n) is 4.54. The van der Waals surface area contributed by atoms with Gasteiger partial charge < -0.3 is 0 Å². The van der Waals surface area contributed by atoms with E-state index in [2.05, 4.69) is 4.90 Å². The predicted molar refractivity (Wildman–Crippen MR) is 72.8 cm³/mol. The Hall–Kier alpha value is -1.15. The van der Waals surface area contributed by atoms with E-state index < -0.39 is 0 Å². The van der Waals surface area contributed by atoms with Crippen LogP contribution >= 0.6 is 0 Å². The van der Waals surface area contributed by atoms with Gasteiger partial charge in [-0.05, 0) is 25.7 Å². The summed E-state index contributed by atoms with van der Waals surface area (Å²) in [7, 11) is 0. The molecule has 1 aromatic carbocycles. The highest BCUT2D eigenvalue weighted by Crippen LogP contribution is 2.35. The van der Waals surface area contributed by atoms with Crippen LogP contribution in [0.1, 0.15) is 48.9 Å². The van der Waals surface area contributed by atoms with E-state index in [4.69, 9.17) is 0 Å². The molecule has 1 aromatic rings. The summed E-state index contributed by atoms with van der Waals surface area (Å²) in [5.41, 5.74) is 0.863. The highest BCUT2D eigenvalue weighted by Gasteiger charge is 2.35. The van der Waals surface area contributed by atoms with Gasteiger partial charge in [-0.1, -0.05) is 36.8 Å². The van der Waals surface area contributed by atoms with Crippen molar-refractivity contribution < 1.29 is 4.79 Å². The highest BCUT2D eigenvalue weighted by atomic mass is 16.1. The number of carbonyl (C=O) groups excluding carboxylic acids is 1. The molecule has 2 aliphatic rings. The second-order valence-corrected chi connectivity index (χ2v) is 5.59. The first-order valence-corrected chi connectivity index (χ1v) is 7.18. The molecule has 2 atom stereocenters. The molecule has 2 saturated heterocycles. The summed E-state index contributed by atoms with van der Waals surface area (Å²) in [6.45, 7) is 0.961.